The van der Waals surface area contributed by atoms with Gasteiger partial charge in [0.1, 0.15) is 4.21 Å². The van der Waals surface area contributed by atoms with Crippen molar-refractivity contribution in [2.75, 3.05) is 18.4 Å². The van der Waals surface area contributed by atoms with Gasteiger partial charge in [0, 0.05) is 30.1 Å². The molecule has 1 saturated heterocycles. The van der Waals surface area contributed by atoms with E-state index in [0.717, 1.165) is 24.2 Å². The minimum absolute atomic E-state index is 0.00230. The summed E-state index contributed by atoms with van der Waals surface area (Å²) >= 11 is 1.08. The fraction of sp³-hybridized carbons (Fsp3) is 0.353. The van der Waals surface area contributed by atoms with Crippen LogP contribution in [0.5, 0.6) is 0 Å². The van der Waals surface area contributed by atoms with E-state index in [1.165, 1.54) is 22.5 Å². The Morgan fingerprint density at radius 3 is 2.63 bits per heavy atom. The smallest absolute Gasteiger partial charge is 0.271 e. The highest BCUT2D eigenvalue weighted by Gasteiger charge is 2.28. The largest absolute Gasteiger partial charge is 0.325 e. The number of aryl methyl sites for hydroxylation is 1. The predicted octanol–water partition coefficient (Wildman–Crippen LogP) is 2.93. The first-order valence-electron chi connectivity index (χ1n) is 8.41. The molecule has 0 unspecified atom stereocenters. The summed E-state index contributed by atoms with van der Waals surface area (Å²) in [6.45, 7) is 2.80. The fourth-order valence-electron chi connectivity index (χ4n) is 2.86. The first kappa shape index (κ1) is 19.5. The van der Waals surface area contributed by atoms with Gasteiger partial charge in [-0.2, -0.15) is 4.31 Å². The molecule has 0 spiro atoms. The number of rotatable bonds is 6. The predicted molar refractivity (Wildman–Crippen MR) is 102 cm³/mol. The zero-order chi connectivity index (χ0) is 19.6. The summed E-state index contributed by atoms with van der Waals surface area (Å²) in [4.78, 5) is 23.3. The molecule has 2 heterocycles. The van der Waals surface area contributed by atoms with Crippen molar-refractivity contribution in [3.8, 4) is 0 Å². The second-order valence-corrected chi connectivity index (χ2v) is 9.65. The van der Waals surface area contributed by atoms with Crippen molar-refractivity contribution in [2.24, 2.45) is 0 Å². The molecule has 27 heavy (non-hydrogen) atoms. The highest BCUT2D eigenvalue weighted by molar-refractivity contribution is 7.91. The molecular weight excluding hydrogens is 390 g/mol. The number of nitro groups is 1. The van der Waals surface area contributed by atoms with Crippen molar-refractivity contribution in [3.63, 3.8) is 0 Å². The van der Waals surface area contributed by atoms with Gasteiger partial charge in [0.2, 0.25) is 5.91 Å². The second-order valence-electron chi connectivity index (χ2n) is 6.31. The van der Waals surface area contributed by atoms with Crippen LogP contribution >= 0.6 is 11.3 Å². The monoisotopic (exact) mass is 409 g/mol. The number of non-ortho nitro benzene ring substituents is 1. The number of nitrogens with one attached hydrogen (secondary N) is 1. The van der Waals surface area contributed by atoms with Gasteiger partial charge < -0.3 is 5.32 Å². The molecule has 1 aliphatic heterocycles. The molecular formula is C17H19N3O5S2. The lowest BCUT2D eigenvalue weighted by Crippen LogP contribution is -2.27. The molecule has 0 saturated carbocycles. The zero-order valence-electron chi connectivity index (χ0n) is 14.7. The molecule has 0 atom stereocenters. The third-order valence-electron chi connectivity index (χ3n) is 4.34. The molecule has 8 nitrogen and oxygen atoms in total. The average Bonchev–Trinajstić information content (AvgIpc) is 3.28. The number of anilines is 1. The summed E-state index contributed by atoms with van der Waals surface area (Å²) in [6, 6.07) is 7.41. The lowest BCUT2D eigenvalue weighted by Gasteiger charge is -2.13. The summed E-state index contributed by atoms with van der Waals surface area (Å²) in [5.41, 5.74) is 0.971. The van der Waals surface area contributed by atoms with E-state index >= 15 is 0 Å². The van der Waals surface area contributed by atoms with Gasteiger partial charge in [0.05, 0.1) is 17.0 Å². The number of hydrogen-bond acceptors (Lipinski definition) is 6. The van der Waals surface area contributed by atoms with Crippen molar-refractivity contribution < 1.29 is 18.1 Å². The Morgan fingerprint density at radius 1 is 1.26 bits per heavy atom. The van der Waals surface area contributed by atoms with Crippen LogP contribution in [0.2, 0.25) is 0 Å². The summed E-state index contributed by atoms with van der Waals surface area (Å²) in [6.07, 6.45) is 1.73. The molecule has 1 fully saturated rings. The molecule has 2 aromatic rings. The first-order valence-corrected chi connectivity index (χ1v) is 10.7. The van der Waals surface area contributed by atoms with Crippen molar-refractivity contribution in [2.45, 2.75) is 30.4 Å². The van der Waals surface area contributed by atoms with Crippen LogP contribution in [0.15, 0.2) is 34.5 Å². The van der Waals surface area contributed by atoms with Gasteiger partial charge in [-0.25, -0.2) is 8.42 Å². The summed E-state index contributed by atoms with van der Waals surface area (Å²) in [7, 11) is -3.49. The van der Waals surface area contributed by atoms with E-state index in [-0.39, 0.29) is 22.2 Å². The number of carbonyl (C=O) groups excluding carboxylic acids is 1. The van der Waals surface area contributed by atoms with Crippen LogP contribution in [0.4, 0.5) is 11.4 Å². The number of thiophene rings is 1. The van der Waals surface area contributed by atoms with Crippen LogP contribution in [0.3, 0.4) is 0 Å². The van der Waals surface area contributed by atoms with Gasteiger partial charge in [-0.15, -0.1) is 11.3 Å². The quantitative estimate of drug-likeness (QED) is 0.583. The Kier molecular flexibility index (Phi) is 5.59. The van der Waals surface area contributed by atoms with Crippen LogP contribution in [0, 0.1) is 17.0 Å². The number of hydrogen-bond donors (Lipinski definition) is 1. The van der Waals surface area contributed by atoms with E-state index in [1.54, 1.807) is 19.1 Å². The lowest BCUT2D eigenvalue weighted by atomic mass is 10.1. The molecule has 0 aliphatic carbocycles. The molecule has 1 aromatic heterocycles. The van der Waals surface area contributed by atoms with Crippen LogP contribution < -0.4 is 5.32 Å². The average molecular weight is 409 g/mol. The first-order chi connectivity index (χ1) is 12.8. The molecule has 1 aliphatic rings. The summed E-state index contributed by atoms with van der Waals surface area (Å²) < 4.78 is 26.8. The number of nitrogens with zero attached hydrogens (tertiary/aromatic N) is 2. The Bertz CT molecular complexity index is 978. The van der Waals surface area contributed by atoms with Gasteiger partial charge in [-0.1, -0.05) is 6.07 Å². The topological polar surface area (TPSA) is 110 Å². The minimum Gasteiger partial charge on any atom is -0.325 e. The number of carbonyl (C=O) groups is 1. The second kappa shape index (κ2) is 7.75. The number of nitro benzene ring substituents is 1. The number of sulfonamides is 1. The molecule has 1 aromatic carbocycles. The fourth-order valence-corrected chi connectivity index (χ4v) is 5.88. The number of amides is 1. The molecule has 0 bridgehead atoms. The third kappa shape index (κ3) is 4.34. The van der Waals surface area contributed by atoms with E-state index in [0.29, 0.717) is 29.2 Å². The van der Waals surface area contributed by atoms with Crippen LogP contribution in [-0.2, 0) is 21.2 Å². The van der Waals surface area contributed by atoms with Crippen molar-refractivity contribution in [3.05, 3.63) is 50.9 Å². The Labute approximate surface area is 161 Å². The van der Waals surface area contributed by atoms with Crippen molar-refractivity contribution in [1.29, 1.82) is 0 Å². The highest BCUT2D eigenvalue weighted by atomic mass is 32.2. The van der Waals surface area contributed by atoms with Gasteiger partial charge >= 0.3 is 0 Å². The third-order valence-corrected chi connectivity index (χ3v) is 7.79. The SMILES string of the molecule is Cc1ccc([N+](=O)[O-])cc1NC(=O)Cc1ccc(S(=O)(=O)N2CCCC2)s1. The van der Waals surface area contributed by atoms with E-state index in [1.807, 2.05) is 0 Å². The van der Waals surface area contributed by atoms with E-state index < -0.39 is 14.9 Å². The highest BCUT2D eigenvalue weighted by Crippen LogP contribution is 2.28. The van der Waals surface area contributed by atoms with Crippen LogP contribution in [0.1, 0.15) is 23.3 Å². The Balaban J connectivity index is 1.70. The van der Waals surface area contributed by atoms with E-state index in [2.05, 4.69) is 5.32 Å². The molecule has 0 radical (unpaired) electrons. The molecule has 1 amide bonds. The maximum absolute atomic E-state index is 12.5. The van der Waals surface area contributed by atoms with Gasteiger partial charge in [-0.3, -0.25) is 14.9 Å². The maximum atomic E-state index is 12.5. The molecule has 10 heteroatoms. The molecule has 1 N–H and O–H groups in total. The van der Waals surface area contributed by atoms with Gasteiger partial charge in [-0.05, 0) is 37.5 Å². The summed E-state index contributed by atoms with van der Waals surface area (Å²) in [5, 5.41) is 13.5. The number of benzene rings is 1. The van der Waals surface area contributed by atoms with Gasteiger partial charge in [0.25, 0.3) is 15.7 Å². The Hall–Kier alpha value is -2.30. The Morgan fingerprint density at radius 2 is 1.96 bits per heavy atom. The molecule has 3 rings (SSSR count). The molecule has 144 valence electrons. The van der Waals surface area contributed by atoms with Gasteiger partial charge in [0.15, 0.2) is 0 Å². The maximum Gasteiger partial charge on any atom is 0.271 e. The van der Waals surface area contributed by atoms with Crippen molar-refractivity contribution in [1.82, 2.24) is 4.31 Å². The lowest BCUT2D eigenvalue weighted by molar-refractivity contribution is -0.384. The van der Waals surface area contributed by atoms with Crippen LogP contribution in [-0.4, -0.2) is 36.6 Å². The summed E-state index contributed by atoms with van der Waals surface area (Å²) in [5.74, 6) is -0.356. The van der Waals surface area contributed by atoms with Crippen molar-refractivity contribution >= 4 is 38.6 Å². The van der Waals surface area contributed by atoms with E-state index in [4.69, 9.17) is 0 Å². The standard InChI is InChI=1S/C17H19N3O5S2/c1-12-4-5-13(20(22)23)10-15(12)18-16(21)11-14-6-7-17(26-14)27(24,25)19-8-2-3-9-19/h4-7,10H,2-3,8-9,11H2,1H3,(H,18,21). The van der Waals surface area contributed by atoms with Crippen LogP contribution in [0.25, 0.3) is 0 Å². The zero-order valence-corrected chi connectivity index (χ0v) is 16.3. The van der Waals surface area contributed by atoms with E-state index in [9.17, 15) is 23.3 Å². The minimum atomic E-state index is -3.49. The normalized spacial score (nSPS) is 15.0.